The number of aliphatic hydroxyl groups is 1. The molecular formula is C20H23N5O3S. The van der Waals surface area contributed by atoms with Crippen LogP contribution in [0.15, 0.2) is 36.5 Å². The van der Waals surface area contributed by atoms with Gasteiger partial charge in [0.25, 0.3) is 5.91 Å². The molecule has 4 rings (SSSR count). The summed E-state index contributed by atoms with van der Waals surface area (Å²) < 4.78 is 6.37. The lowest BCUT2D eigenvalue weighted by atomic mass is 10.2. The van der Waals surface area contributed by atoms with Crippen molar-refractivity contribution in [1.82, 2.24) is 19.8 Å². The zero-order chi connectivity index (χ0) is 20.2. The minimum atomic E-state index is -0.0528. The van der Waals surface area contributed by atoms with Gasteiger partial charge in [-0.2, -0.15) is 0 Å². The maximum atomic E-state index is 13.1. The molecule has 0 unspecified atom stereocenters. The van der Waals surface area contributed by atoms with Gasteiger partial charge in [-0.15, -0.1) is 0 Å². The van der Waals surface area contributed by atoms with E-state index in [2.05, 4.69) is 20.2 Å². The topological polar surface area (TPSA) is 90.8 Å². The Morgan fingerprint density at radius 1 is 1.24 bits per heavy atom. The third kappa shape index (κ3) is 4.16. The van der Waals surface area contributed by atoms with Crippen LogP contribution >= 0.6 is 11.3 Å². The normalized spacial score (nSPS) is 14.9. The molecule has 0 bridgehead atoms. The molecule has 29 heavy (non-hydrogen) atoms. The molecule has 9 heteroatoms. The number of thiazole rings is 1. The number of aromatic nitrogens is 2. The first-order valence-electron chi connectivity index (χ1n) is 9.47. The Bertz CT molecular complexity index is 1000. The Hall–Kier alpha value is -2.75. The van der Waals surface area contributed by atoms with Crippen molar-refractivity contribution >= 4 is 38.4 Å². The molecule has 0 spiro atoms. The van der Waals surface area contributed by atoms with Gasteiger partial charge in [-0.1, -0.05) is 17.4 Å². The van der Waals surface area contributed by atoms with Crippen molar-refractivity contribution in [1.29, 1.82) is 0 Å². The Kier molecular flexibility index (Phi) is 5.89. The van der Waals surface area contributed by atoms with Crippen molar-refractivity contribution in [3.63, 3.8) is 0 Å². The van der Waals surface area contributed by atoms with E-state index in [4.69, 9.17) is 9.84 Å². The molecule has 0 atom stereocenters. The van der Waals surface area contributed by atoms with E-state index >= 15 is 0 Å². The number of carbonyl (C=O) groups excluding carboxylic acids is 1. The highest BCUT2D eigenvalue weighted by atomic mass is 32.1. The maximum absolute atomic E-state index is 13.1. The summed E-state index contributed by atoms with van der Waals surface area (Å²) in [6.45, 7) is 3.55. The standard InChI is InChI=1S/C20H23N5O3S/c1-28-15-5-2-6-16-17(15)22-20(29-16)23-18-14(4-3-7-21-18)19(27)25-10-8-24(9-11-25)12-13-26/h2-7,26H,8-13H2,1H3,(H,21,22,23). The number of ether oxygens (including phenoxy) is 1. The fourth-order valence-electron chi connectivity index (χ4n) is 3.41. The van der Waals surface area contributed by atoms with Gasteiger partial charge in [-0.3, -0.25) is 9.69 Å². The van der Waals surface area contributed by atoms with Gasteiger partial charge >= 0.3 is 0 Å². The third-order valence-electron chi connectivity index (χ3n) is 4.94. The highest BCUT2D eigenvalue weighted by Crippen LogP contribution is 2.33. The zero-order valence-corrected chi connectivity index (χ0v) is 17.0. The number of benzene rings is 1. The summed E-state index contributed by atoms with van der Waals surface area (Å²) in [5, 5.41) is 13.0. The van der Waals surface area contributed by atoms with Crippen LogP contribution in [0.2, 0.25) is 0 Å². The van der Waals surface area contributed by atoms with Crippen LogP contribution in [0.25, 0.3) is 10.2 Å². The van der Waals surface area contributed by atoms with Crippen molar-refractivity contribution in [2.45, 2.75) is 0 Å². The lowest BCUT2D eigenvalue weighted by Crippen LogP contribution is -2.49. The van der Waals surface area contributed by atoms with Gasteiger partial charge in [-0.05, 0) is 24.3 Å². The number of pyridine rings is 1. The van der Waals surface area contributed by atoms with Crippen molar-refractivity contribution in [2.75, 3.05) is 51.8 Å². The maximum Gasteiger partial charge on any atom is 0.257 e. The number of aliphatic hydroxyl groups excluding tert-OH is 1. The number of carbonyl (C=O) groups is 1. The van der Waals surface area contributed by atoms with Crippen LogP contribution in [-0.4, -0.2) is 77.2 Å². The van der Waals surface area contributed by atoms with Crippen LogP contribution in [-0.2, 0) is 0 Å². The van der Waals surface area contributed by atoms with E-state index in [0.717, 1.165) is 23.3 Å². The second-order valence-electron chi connectivity index (χ2n) is 6.71. The predicted molar refractivity (Wildman–Crippen MR) is 113 cm³/mol. The summed E-state index contributed by atoms with van der Waals surface area (Å²) in [7, 11) is 1.62. The number of β-amino-alcohol motifs (C(OH)–C–C–N with tert-alkyl or cyclic N) is 1. The molecule has 8 nitrogen and oxygen atoms in total. The summed E-state index contributed by atoms with van der Waals surface area (Å²) in [6, 6.07) is 9.33. The van der Waals surface area contributed by atoms with Gasteiger partial charge in [0.1, 0.15) is 17.1 Å². The van der Waals surface area contributed by atoms with E-state index in [-0.39, 0.29) is 12.5 Å². The van der Waals surface area contributed by atoms with Crippen molar-refractivity contribution in [3.05, 3.63) is 42.1 Å². The second kappa shape index (κ2) is 8.73. The van der Waals surface area contributed by atoms with E-state index in [1.54, 1.807) is 25.4 Å². The fourth-order valence-corrected chi connectivity index (χ4v) is 4.29. The van der Waals surface area contributed by atoms with Gasteiger partial charge in [0.05, 0.1) is 24.0 Å². The minimum Gasteiger partial charge on any atom is -0.494 e. The first-order chi connectivity index (χ1) is 14.2. The van der Waals surface area contributed by atoms with E-state index in [1.807, 2.05) is 23.1 Å². The van der Waals surface area contributed by atoms with E-state index in [1.165, 1.54) is 11.3 Å². The Morgan fingerprint density at radius 3 is 2.83 bits per heavy atom. The zero-order valence-electron chi connectivity index (χ0n) is 16.2. The average Bonchev–Trinajstić information content (AvgIpc) is 3.17. The van der Waals surface area contributed by atoms with E-state index in [0.29, 0.717) is 41.9 Å². The molecule has 1 saturated heterocycles. The van der Waals surface area contributed by atoms with Gasteiger partial charge in [0.2, 0.25) is 0 Å². The molecule has 0 aliphatic carbocycles. The first kappa shape index (κ1) is 19.6. The molecule has 3 heterocycles. The number of hydrogen-bond acceptors (Lipinski definition) is 8. The number of fused-ring (bicyclic) bond motifs is 1. The Labute approximate surface area is 172 Å². The summed E-state index contributed by atoms with van der Waals surface area (Å²) in [5.41, 5.74) is 1.31. The molecule has 0 radical (unpaired) electrons. The number of methoxy groups -OCH3 is 1. The minimum absolute atomic E-state index is 0.0528. The van der Waals surface area contributed by atoms with E-state index in [9.17, 15) is 4.79 Å². The smallest absolute Gasteiger partial charge is 0.257 e. The number of nitrogens with one attached hydrogen (secondary N) is 1. The Balaban J connectivity index is 1.54. The summed E-state index contributed by atoms with van der Waals surface area (Å²) in [5.74, 6) is 1.15. The molecule has 3 aromatic rings. The third-order valence-corrected chi connectivity index (χ3v) is 5.88. The van der Waals surface area contributed by atoms with Gasteiger partial charge in [0.15, 0.2) is 5.13 Å². The van der Waals surface area contributed by atoms with Crippen molar-refractivity contribution in [2.24, 2.45) is 0 Å². The van der Waals surface area contributed by atoms with Gasteiger partial charge in [0, 0.05) is 38.9 Å². The molecule has 1 aliphatic heterocycles. The molecule has 2 N–H and O–H groups in total. The van der Waals surface area contributed by atoms with Crippen LogP contribution in [0.4, 0.5) is 10.9 Å². The summed E-state index contributed by atoms with van der Waals surface area (Å²) >= 11 is 1.49. The highest BCUT2D eigenvalue weighted by molar-refractivity contribution is 7.22. The fraction of sp³-hybridized carbons (Fsp3) is 0.350. The molecule has 1 fully saturated rings. The lowest BCUT2D eigenvalue weighted by molar-refractivity contribution is 0.0615. The van der Waals surface area contributed by atoms with Gasteiger partial charge < -0.3 is 20.1 Å². The molecule has 152 valence electrons. The van der Waals surface area contributed by atoms with Gasteiger partial charge in [-0.25, -0.2) is 9.97 Å². The van der Waals surface area contributed by atoms with Crippen LogP contribution in [0.1, 0.15) is 10.4 Å². The van der Waals surface area contributed by atoms with Crippen LogP contribution in [0.5, 0.6) is 5.75 Å². The molecule has 1 amide bonds. The van der Waals surface area contributed by atoms with Crippen LogP contribution in [0.3, 0.4) is 0 Å². The summed E-state index contributed by atoms with van der Waals surface area (Å²) in [4.78, 5) is 26.1. The highest BCUT2D eigenvalue weighted by Gasteiger charge is 2.24. The Morgan fingerprint density at radius 2 is 2.07 bits per heavy atom. The number of para-hydroxylation sites is 1. The number of nitrogens with zero attached hydrogens (tertiary/aromatic N) is 4. The molecule has 1 aromatic carbocycles. The summed E-state index contributed by atoms with van der Waals surface area (Å²) in [6.07, 6.45) is 1.66. The number of anilines is 2. The number of rotatable bonds is 6. The predicted octanol–water partition coefficient (Wildman–Crippen LogP) is 2.19. The molecule has 1 aliphatic rings. The second-order valence-corrected chi connectivity index (χ2v) is 7.74. The van der Waals surface area contributed by atoms with Crippen molar-refractivity contribution < 1.29 is 14.6 Å². The molecular weight excluding hydrogens is 390 g/mol. The number of hydrogen-bond donors (Lipinski definition) is 2. The average molecular weight is 414 g/mol. The number of amides is 1. The largest absolute Gasteiger partial charge is 0.494 e. The molecule has 2 aromatic heterocycles. The van der Waals surface area contributed by atoms with E-state index < -0.39 is 0 Å². The SMILES string of the molecule is COc1cccc2sc(Nc3ncccc3C(=O)N3CCN(CCO)CC3)nc12. The lowest BCUT2D eigenvalue weighted by Gasteiger charge is -2.34. The van der Waals surface area contributed by atoms with Crippen LogP contribution in [0, 0.1) is 0 Å². The molecule has 0 saturated carbocycles. The van der Waals surface area contributed by atoms with Crippen molar-refractivity contribution in [3.8, 4) is 5.75 Å². The quantitative estimate of drug-likeness (QED) is 0.640. The monoisotopic (exact) mass is 413 g/mol. The first-order valence-corrected chi connectivity index (χ1v) is 10.3. The number of piperazine rings is 1. The van der Waals surface area contributed by atoms with Crippen LogP contribution < -0.4 is 10.1 Å².